The molecular formula is C24H29N3O2. The van der Waals surface area contributed by atoms with Crippen molar-refractivity contribution >= 4 is 17.7 Å². The first-order chi connectivity index (χ1) is 14.0. The molecule has 152 valence electrons. The van der Waals surface area contributed by atoms with Crippen molar-refractivity contribution in [2.24, 2.45) is 7.05 Å². The van der Waals surface area contributed by atoms with Gasteiger partial charge in [-0.3, -0.25) is 9.59 Å². The Kier molecular flexibility index (Phi) is 5.31. The number of aromatic nitrogens is 1. The number of allylic oxidation sites excluding steroid dienone is 1. The number of hydrogen-bond acceptors (Lipinski definition) is 3. The fourth-order valence-corrected chi connectivity index (χ4v) is 4.51. The van der Waals surface area contributed by atoms with Crippen LogP contribution in [0.1, 0.15) is 46.8 Å². The molecular weight excluding hydrogens is 362 g/mol. The van der Waals surface area contributed by atoms with E-state index < -0.39 is 0 Å². The van der Waals surface area contributed by atoms with E-state index in [1.807, 2.05) is 24.1 Å². The Balaban J connectivity index is 1.48. The van der Waals surface area contributed by atoms with Gasteiger partial charge in [0, 0.05) is 50.7 Å². The summed E-state index contributed by atoms with van der Waals surface area (Å²) in [6, 6.07) is 8.96. The summed E-state index contributed by atoms with van der Waals surface area (Å²) in [5, 5.41) is 0. The molecule has 4 rings (SSSR count). The van der Waals surface area contributed by atoms with E-state index in [0.717, 1.165) is 43.5 Å². The van der Waals surface area contributed by atoms with Crippen LogP contribution in [0.3, 0.4) is 0 Å². The molecule has 1 fully saturated rings. The van der Waals surface area contributed by atoms with E-state index in [1.165, 1.54) is 15.8 Å². The molecule has 2 aromatic rings. The van der Waals surface area contributed by atoms with E-state index in [9.17, 15) is 9.59 Å². The van der Waals surface area contributed by atoms with Crippen LogP contribution in [0.25, 0.3) is 6.08 Å². The van der Waals surface area contributed by atoms with Gasteiger partial charge in [0.15, 0.2) is 0 Å². The van der Waals surface area contributed by atoms with Crippen molar-refractivity contribution < 1.29 is 4.79 Å². The summed E-state index contributed by atoms with van der Waals surface area (Å²) < 4.78 is 1.54. The molecule has 1 aliphatic carbocycles. The third-order valence-corrected chi connectivity index (χ3v) is 6.37. The quantitative estimate of drug-likeness (QED) is 0.804. The van der Waals surface area contributed by atoms with Gasteiger partial charge in [0.25, 0.3) is 11.5 Å². The number of piperidine rings is 1. The second kappa shape index (κ2) is 7.90. The second-order valence-corrected chi connectivity index (χ2v) is 8.12. The zero-order chi connectivity index (χ0) is 20.5. The van der Waals surface area contributed by atoms with Gasteiger partial charge in [0.2, 0.25) is 0 Å². The van der Waals surface area contributed by atoms with Gasteiger partial charge in [-0.15, -0.1) is 0 Å². The van der Waals surface area contributed by atoms with Crippen LogP contribution in [0.2, 0.25) is 0 Å². The summed E-state index contributed by atoms with van der Waals surface area (Å²) in [6.07, 6.45) is 9.13. The topological polar surface area (TPSA) is 45.5 Å². The molecule has 2 heterocycles. The number of rotatable bonds is 4. The number of nitrogens with zero attached hydrogens (tertiary/aromatic N) is 3. The summed E-state index contributed by atoms with van der Waals surface area (Å²) in [5.41, 5.74) is 4.80. The van der Waals surface area contributed by atoms with E-state index in [0.29, 0.717) is 12.0 Å². The van der Waals surface area contributed by atoms with Crippen LogP contribution in [0, 0.1) is 0 Å². The Morgan fingerprint density at radius 1 is 1.24 bits per heavy atom. The van der Waals surface area contributed by atoms with Gasteiger partial charge in [0.05, 0.1) is 5.56 Å². The molecule has 5 nitrogen and oxygen atoms in total. The summed E-state index contributed by atoms with van der Waals surface area (Å²) in [6.45, 7) is 4.07. The normalized spacial score (nSPS) is 16.2. The number of fused-ring (bicyclic) bond motifs is 1. The monoisotopic (exact) mass is 391 g/mol. The second-order valence-electron chi connectivity index (χ2n) is 8.12. The zero-order valence-corrected chi connectivity index (χ0v) is 17.5. The van der Waals surface area contributed by atoms with E-state index >= 15 is 0 Å². The summed E-state index contributed by atoms with van der Waals surface area (Å²) in [7, 11) is 3.62. The van der Waals surface area contributed by atoms with E-state index in [2.05, 4.69) is 36.1 Å². The summed E-state index contributed by atoms with van der Waals surface area (Å²) in [4.78, 5) is 29.9. The number of aryl methyl sites for hydroxylation is 2. The molecule has 0 unspecified atom stereocenters. The van der Waals surface area contributed by atoms with Crippen molar-refractivity contribution in [3.8, 4) is 0 Å². The molecule has 0 atom stereocenters. The highest BCUT2D eigenvalue weighted by molar-refractivity contribution is 5.98. The predicted octanol–water partition coefficient (Wildman–Crippen LogP) is 3.26. The van der Waals surface area contributed by atoms with Gasteiger partial charge >= 0.3 is 0 Å². The Morgan fingerprint density at radius 3 is 2.72 bits per heavy atom. The largest absolute Gasteiger partial charge is 0.371 e. The van der Waals surface area contributed by atoms with Crippen molar-refractivity contribution in [1.82, 2.24) is 9.47 Å². The number of benzene rings is 1. The van der Waals surface area contributed by atoms with Crippen molar-refractivity contribution in [1.29, 1.82) is 0 Å². The number of anilines is 1. The fraction of sp³-hybridized carbons (Fsp3) is 0.417. The molecule has 2 aliphatic rings. The van der Waals surface area contributed by atoms with Gasteiger partial charge in [-0.05, 0) is 48.9 Å². The molecule has 0 radical (unpaired) electrons. The first-order valence-corrected chi connectivity index (χ1v) is 10.5. The summed E-state index contributed by atoms with van der Waals surface area (Å²) in [5.74, 6) is 0.00910. The molecule has 0 saturated carbocycles. The van der Waals surface area contributed by atoms with Crippen LogP contribution >= 0.6 is 0 Å². The van der Waals surface area contributed by atoms with E-state index in [1.54, 1.807) is 13.2 Å². The minimum Gasteiger partial charge on any atom is -0.371 e. The van der Waals surface area contributed by atoms with Gasteiger partial charge in [-0.25, -0.2) is 0 Å². The lowest BCUT2D eigenvalue weighted by Crippen LogP contribution is -2.46. The smallest absolute Gasteiger partial charge is 0.255 e. The van der Waals surface area contributed by atoms with Crippen LogP contribution in [0.5, 0.6) is 0 Å². The Bertz CT molecular complexity index is 1010. The molecule has 1 aromatic carbocycles. The van der Waals surface area contributed by atoms with Crippen molar-refractivity contribution in [2.45, 2.75) is 38.6 Å². The van der Waals surface area contributed by atoms with Crippen LogP contribution in [-0.4, -0.2) is 41.6 Å². The number of carbonyl (C=O) groups excluding carboxylic acids is 1. The van der Waals surface area contributed by atoms with Crippen LogP contribution < -0.4 is 10.5 Å². The van der Waals surface area contributed by atoms with Crippen molar-refractivity contribution in [2.75, 3.05) is 25.0 Å². The molecule has 1 saturated heterocycles. The maximum Gasteiger partial charge on any atom is 0.255 e. The maximum absolute atomic E-state index is 13.3. The molecule has 0 bridgehead atoms. The summed E-state index contributed by atoms with van der Waals surface area (Å²) >= 11 is 0. The van der Waals surface area contributed by atoms with Gasteiger partial charge < -0.3 is 14.4 Å². The standard InChI is InChI=1S/C24H29N3O2/c1-4-17-7-5-8-19(15-17)27-13-11-18(12-14-27)26(3)24(29)22-16-25(2)23(28)21-10-6-9-20(21)22/h5-9,15-16,18H,4,10-14H2,1-3H3. The number of pyridine rings is 1. The molecule has 1 amide bonds. The van der Waals surface area contributed by atoms with E-state index in [4.69, 9.17) is 0 Å². The Hall–Kier alpha value is -2.82. The average molecular weight is 392 g/mol. The Labute approximate surface area is 172 Å². The third-order valence-electron chi connectivity index (χ3n) is 6.37. The average Bonchev–Trinajstić information content (AvgIpc) is 3.25. The zero-order valence-electron chi connectivity index (χ0n) is 17.5. The lowest BCUT2D eigenvalue weighted by molar-refractivity contribution is 0.0708. The molecule has 5 heteroatoms. The maximum atomic E-state index is 13.3. The lowest BCUT2D eigenvalue weighted by atomic mass is 10.00. The lowest BCUT2D eigenvalue weighted by Gasteiger charge is -2.38. The molecule has 0 N–H and O–H groups in total. The van der Waals surface area contributed by atoms with Gasteiger partial charge in [-0.1, -0.05) is 31.2 Å². The van der Waals surface area contributed by atoms with Crippen molar-refractivity contribution in [3.05, 3.63) is 69.1 Å². The van der Waals surface area contributed by atoms with Crippen LogP contribution in [-0.2, 0) is 19.9 Å². The highest BCUT2D eigenvalue weighted by atomic mass is 16.2. The first-order valence-electron chi connectivity index (χ1n) is 10.5. The minimum absolute atomic E-state index is 0.00757. The molecule has 1 aromatic heterocycles. The van der Waals surface area contributed by atoms with Crippen LogP contribution in [0.15, 0.2) is 41.3 Å². The molecule has 29 heavy (non-hydrogen) atoms. The number of carbonyl (C=O) groups is 1. The van der Waals surface area contributed by atoms with Gasteiger partial charge in [0.1, 0.15) is 0 Å². The fourth-order valence-electron chi connectivity index (χ4n) is 4.51. The molecule has 1 aliphatic heterocycles. The molecule has 0 spiro atoms. The van der Waals surface area contributed by atoms with E-state index in [-0.39, 0.29) is 17.5 Å². The Morgan fingerprint density at radius 2 is 2.00 bits per heavy atom. The van der Waals surface area contributed by atoms with Gasteiger partial charge in [-0.2, -0.15) is 0 Å². The predicted molar refractivity (Wildman–Crippen MR) is 118 cm³/mol. The number of hydrogen-bond donors (Lipinski definition) is 0. The first kappa shape index (κ1) is 19.5. The van der Waals surface area contributed by atoms with Crippen molar-refractivity contribution in [3.63, 3.8) is 0 Å². The minimum atomic E-state index is -0.00757. The highest BCUT2D eigenvalue weighted by Gasteiger charge is 2.29. The highest BCUT2D eigenvalue weighted by Crippen LogP contribution is 2.26. The SMILES string of the molecule is CCc1cccc(N2CCC(N(C)C(=O)c3cn(C)c(=O)c4c3C=CC4)CC2)c1. The third kappa shape index (κ3) is 3.61. The number of amides is 1. The van der Waals surface area contributed by atoms with Crippen LogP contribution in [0.4, 0.5) is 5.69 Å².